The van der Waals surface area contributed by atoms with E-state index in [1.807, 2.05) is 31.2 Å². The Kier molecular flexibility index (Phi) is 5.88. The van der Waals surface area contributed by atoms with Gasteiger partial charge in [-0.2, -0.15) is 0 Å². The summed E-state index contributed by atoms with van der Waals surface area (Å²) in [7, 11) is 0. The first kappa shape index (κ1) is 16.1. The van der Waals surface area contributed by atoms with Gasteiger partial charge in [-0.15, -0.1) is 0 Å². The summed E-state index contributed by atoms with van der Waals surface area (Å²) in [4.78, 5) is 0. The molecule has 4 heteroatoms. The fraction of sp³-hybridized carbons (Fsp3) is 0.412. The lowest BCUT2D eigenvalue weighted by molar-refractivity contribution is 0.270. The van der Waals surface area contributed by atoms with Crippen molar-refractivity contribution in [2.75, 3.05) is 6.54 Å². The summed E-state index contributed by atoms with van der Waals surface area (Å²) >= 11 is 3.48. The monoisotopic (exact) mass is 351 g/mol. The smallest absolute Gasteiger partial charge is 0.146 e. The van der Waals surface area contributed by atoms with Gasteiger partial charge in [0.1, 0.15) is 18.1 Å². The Balaban J connectivity index is 1.83. The predicted octanol–water partition coefficient (Wildman–Crippen LogP) is 4.68. The molecule has 0 radical (unpaired) electrons. The minimum atomic E-state index is 0.450. The molecule has 1 N–H and O–H groups in total. The third-order valence-electron chi connectivity index (χ3n) is 3.10. The number of ether oxygens (including phenoxy) is 1. The van der Waals surface area contributed by atoms with Crippen molar-refractivity contribution in [3.8, 4) is 5.75 Å². The van der Waals surface area contributed by atoms with Crippen LogP contribution in [0.4, 0.5) is 0 Å². The van der Waals surface area contributed by atoms with E-state index in [1.54, 1.807) is 6.26 Å². The number of halogens is 1. The molecule has 0 aliphatic heterocycles. The number of furan rings is 1. The van der Waals surface area contributed by atoms with Crippen LogP contribution in [0.3, 0.4) is 0 Å². The van der Waals surface area contributed by atoms with Crippen molar-refractivity contribution in [1.29, 1.82) is 0 Å². The maximum Gasteiger partial charge on any atom is 0.146 e. The van der Waals surface area contributed by atoms with Crippen LogP contribution in [0, 0.1) is 12.8 Å². The Bertz CT molecular complexity index is 578. The fourth-order valence-electron chi connectivity index (χ4n) is 1.96. The van der Waals surface area contributed by atoms with Crippen LogP contribution >= 0.6 is 15.9 Å². The van der Waals surface area contributed by atoms with Gasteiger partial charge in [-0.25, -0.2) is 0 Å². The molecule has 1 aromatic carbocycles. The Hall–Kier alpha value is -1.26. The van der Waals surface area contributed by atoms with Crippen LogP contribution in [0.15, 0.2) is 39.4 Å². The Morgan fingerprint density at radius 2 is 2.10 bits per heavy atom. The summed E-state index contributed by atoms with van der Waals surface area (Å²) in [6, 6.07) is 8.00. The summed E-state index contributed by atoms with van der Waals surface area (Å²) in [5, 5.41) is 3.40. The lowest BCUT2D eigenvalue weighted by Gasteiger charge is -2.06. The Labute approximate surface area is 134 Å². The second kappa shape index (κ2) is 7.66. The molecule has 21 heavy (non-hydrogen) atoms. The summed E-state index contributed by atoms with van der Waals surface area (Å²) in [6.07, 6.45) is 1.79. The van der Waals surface area contributed by atoms with E-state index >= 15 is 0 Å². The van der Waals surface area contributed by atoms with E-state index in [0.29, 0.717) is 12.5 Å². The normalized spacial score (nSPS) is 11.1. The minimum absolute atomic E-state index is 0.450. The van der Waals surface area contributed by atoms with Crippen molar-refractivity contribution in [2.45, 2.75) is 33.9 Å². The van der Waals surface area contributed by atoms with E-state index in [1.165, 1.54) is 0 Å². The van der Waals surface area contributed by atoms with Crippen molar-refractivity contribution in [3.63, 3.8) is 0 Å². The molecule has 114 valence electrons. The molecule has 1 heterocycles. The van der Waals surface area contributed by atoms with Crippen LogP contribution in [0.2, 0.25) is 0 Å². The molecule has 1 aromatic heterocycles. The van der Waals surface area contributed by atoms with Crippen LogP contribution in [0.25, 0.3) is 0 Å². The fourth-order valence-corrected chi connectivity index (χ4v) is 2.21. The third kappa shape index (κ3) is 5.21. The van der Waals surface area contributed by atoms with Gasteiger partial charge < -0.3 is 14.5 Å². The molecule has 0 fully saturated rings. The zero-order valence-corrected chi connectivity index (χ0v) is 14.4. The second-order valence-electron chi connectivity index (χ2n) is 5.65. The second-order valence-corrected chi connectivity index (χ2v) is 6.50. The first-order valence-corrected chi connectivity index (χ1v) is 8.00. The zero-order valence-electron chi connectivity index (χ0n) is 12.8. The predicted molar refractivity (Wildman–Crippen MR) is 88.5 cm³/mol. The van der Waals surface area contributed by atoms with Gasteiger partial charge in [0.25, 0.3) is 0 Å². The van der Waals surface area contributed by atoms with Gasteiger partial charge in [-0.1, -0.05) is 29.8 Å². The number of benzene rings is 1. The van der Waals surface area contributed by atoms with E-state index in [2.05, 4.69) is 35.1 Å². The molecule has 0 unspecified atom stereocenters. The van der Waals surface area contributed by atoms with Crippen LogP contribution in [0.1, 0.15) is 30.7 Å². The van der Waals surface area contributed by atoms with E-state index in [4.69, 9.17) is 9.15 Å². The molecule has 0 amide bonds. The van der Waals surface area contributed by atoms with Gasteiger partial charge in [-0.05, 0) is 49.2 Å². The highest BCUT2D eigenvalue weighted by Crippen LogP contribution is 2.22. The van der Waals surface area contributed by atoms with E-state index in [-0.39, 0.29) is 0 Å². The molecule has 0 saturated heterocycles. The summed E-state index contributed by atoms with van der Waals surface area (Å²) < 4.78 is 12.4. The highest BCUT2D eigenvalue weighted by Gasteiger charge is 2.04. The van der Waals surface area contributed by atoms with E-state index in [9.17, 15) is 0 Å². The van der Waals surface area contributed by atoms with E-state index in [0.717, 1.165) is 40.2 Å². The number of aryl methyl sites for hydroxylation is 1. The maximum absolute atomic E-state index is 5.75. The Morgan fingerprint density at radius 3 is 2.81 bits per heavy atom. The van der Waals surface area contributed by atoms with Gasteiger partial charge >= 0.3 is 0 Å². The third-order valence-corrected chi connectivity index (χ3v) is 3.99. The van der Waals surface area contributed by atoms with E-state index < -0.39 is 0 Å². The SMILES string of the molecule is Cc1cc(OCc2cc(CNCC(C)C)co2)ccc1Br. The van der Waals surface area contributed by atoms with Crippen molar-refractivity contribution in [3.05, 3.63) is 51.9 Å². The number of hydrogen-bond acceptors (Lipinski definition) is 3. The quantitative estimate of drug-likeness (QED) is 0.786. The highest BCUT2D eigenvalue weighted by atomic mass is 79.9. The molecular formula is C17H22BrNO2. The van der Waals surface area contributed by atoms with Crippen molar-refractivity contribution < 1.29 is 9.15 Å². The van der Waals surface area contributed by atoms with Gasteiger partial charge in [0.15, 0.2) is 0 Å². The molecule has 0 bridgehead atoms. The molecule has 0 saturated carbocycles. The number of rotatable bonds is 7. The molecule has 2 aromatic rings. The van der Waals surface area contributed by atoms with Gasteiger partial charge in [0.2, 0.25) is 0 Å². The molecule has 0 aliphatic carbocycles. The Morgan fingerprint density at radius 1 is 1.29 bits per heavy atom. The van der Waals surface area contributed by atoms with Gasteiger partial charge in [-0.3, -0.25) is 0 Å². The summed E-state index contributed by atoms with van der Waals surface area (Å²) in [6.45, 7) is 8.73. The minimum Gasteiger partial charge on any atom is -0.486 e. The van der Waals surface area contributed by atoms with Gasteiger partial charge in [0.05, 0.1) is 6.26 Å². The molecule has 3 nitrogen and oxygen atoms in total. The lowest BCUT2D eigenvalue weighted by atomic mass is 10.2. The average molecular weight is 352 g/mol. The molecule has 0 atom stereocenters. The molecule has 2 rings (SSSR count). The standard InChI is InChI=1S/C17H22BrNO2/c1-12(2)8-19-9-14-7-16(20-10-14)11-21-15-4-5-17(18)13(3)6-15/h4-7,10,12,19H,8-9,11H2,1-3H3. The van der Waals surface area contributed by atoms with Gasteiger partial charge in [0, 0.05) is 16.6 Å². The topological polar surface area (TPSA) is 34.4 Å². The molecule has 0 spiro atoms. The van der Waals surface area contributed by atoms with Crippen molar-refractivity contribution in [1.82, 2.24) is 5.32 Å². The summed E-state index contributed by atoms with van der Waals surface area (Å²) in [5.74, 6) is 2.35. The maximum atomic E-state index is 5.75. The molecular weight excluding hydrogens is 330 g/mol. The van der Waals surface area contributed by atoms with Crippen LogP contribution in [-0.4, -0.2) is 6.54 Å². The zero-order chi connectivity index (χ0) is 15.2. The average Bonchev–Trinajstić information content (AvgIpc) is 2.88. The first-order valence-electron chi connectivity index (χ1n) is 7.20. The molecule has 0 aliphatic rings. The van der Waals surface area contributed by atoms with Crippen LogP contribution in [-0.2, 0) is 13.2 Å². The summed E-state index contributed by atoms with van der Waals surface area (Å²) in [5.41, 5.74) is 2.31. The number of nitrogens with one attached hydrogen (secondary N) is 1. The van der Waals surface area contributed by atoms with Crippen molar-refractivity contribution >= 4 is 15.9 Å². The van der Waals surface area contributed by atoms with Crippen LogP contribution < -0.4 is 10.1 Å². The van der Waals surface area contributed by atoms with Crippen molar-refractivity contribution in [2.24, 2.45) is 5.92 Å². The largest absolute Gasteiger partial charge is 0.486 e. The lowest BCUT2D eigenvalue weighted by Crippen LogP contribution is -2.18. The highest BCUT2D eigenvalue weighted by molar-refractivity contribution is 9.10. The number of hydrogen-bond donors (Lipinski definition) is 1. The van der Waals surface area contributed by atoms with Crippen LogP contribution in [0.5, 0.6) is 5.75 Å². The first-order chi connectivity index (χ1) is 10.0.